The van der Waals surface area contributed by atoms with Gasteiger partial charge in [-0.25, -0.2) is 13.2 Å². The van der Waals surface area contributed by atoms with Gasteiger partial charge in [0.05, 0.1) is 16.0 Å². The molecule has 0 unspecified atom stereocenters. The average molecular weight is 666 g/mol. The SMILES string of the molecule is CC[C@H]1C[C@]1(NC(=O)[C@@H]1[C@@H]2[C@H](CN1C(=O)[C@@H](NC(=O)NC1(CS(=O)(=O)C(C)(C)C)CCCCC1)C(C)(C)C)C2(C)C)C(=O)C(N)=O. The predicted octanol–water partition coefficient (Wildman–Crippen LogP) is 2.44. The fourth-order valence-corrected chi connectivity index (χ4v) is 9.50. The van der Waals surface area contributed by atoms with Crippen LogP contribution in [0.3, 0.4) is 0 Å². The molecule has 1 saturated heterocycles. The topological polar surface area (TPSA) is 185 Å². The second-order valence-electron chi connectivity index (χ2n) is 17.0. The number of nitrogens with two attached hydrogens (primary N) is 1. The molecule has 0 aromatic carbocycles. The zero-order valence-corrected chi connectivity index (χ0v) is 29.9. The van der Waals surface area contributed by atoms with Crippen molar-refractivity contribution in [2.45, 2.75) is 135 Å². The van der Waals surface area contributed by atoms with Crippen molar-refractivity contribution in [1.29, 1.82) is 0 Å². The Morgan fingerprint density at radius 1 is 0.957 bits per heavy atom. The summed E-state index contributed by atoms with van der Waals surface area (Å²) in [5.74, 6) is -3.36. The third-order valence-electron chi connectivity index (χ3n) is 11.3. The summed E-state index contributed by atoms with van der Waals surface area (Å²) in [6.45, 7) is 16.7. The minimum atomic E-state index is -3.56. The van der Waals surface area contributed by atoms with Crippen molar-refractivity contribution in [3.8, 4) is 0 Å². The van der Waals surface area contributed by atoms with Gasteiger partial charge in [-0.05, 0) is 68.6 Å². The molecule has 13 heteroatoms. The molecule has 5 N–H and O–H groups in total. The smallest absolute Gasteiger partial charge is 0.315 e. The molecule has 46 heavy (non-hydrogen) atoms. The molecule has 3 aliphatic carbocycles. The lowest BCUT2D eigenvalue weighted by molar-refractivity contribution is -0.145. The van der Waals surface area contributed by atoms with Gasteiger partial charge in [0.1, 0.15) is 17.6 Å². The van der Waals surface area contributed by atoms with Gasteiger partial charge >= 0.3 is 6.03 Å². The summed E-state index contributed by atoms with van der Waals surface area (Å²) in [6, 6.07) is -2.55. The standard InChI is InChI=1S/C33H55N5O7S/c1-10-19-16-33(19,24(39)25(34)40)36-26(41)22-21-20(31(21,8)9)17-38(22)27(42)23(29(2,3)4)35-28(43)37-32(14-12-11-13-15-32)18-46(44,45)30(5,6)7/h19-23H,10-18H2,1-9H3,(H2,34,40)(H,36,41)(H2,35,37,43)/t19-,20-,21-,22-,23+,33+/m0/s1. The van der Waals surface area contributed by atoms with Crippen LogP contribution < -0.4 is 21.7 Å². The molecule has 0 radical (unpaired) electrons. The molecule has 260 valence electrons. The van der Waals surface area contributed by atoms with E-state index in [2.05, 4.69) is 16.0 Å². The highest BCUT2D eigenvalue weighted by atomic mass is 32.2. The van der Waals surface area contributed by atoms with E-state index in [0.717, 1.165) is 19.3 Å². The van der Waals surface area contributed by atoms with Crippen molar-refractivity contribution >= 4 is 39.4 Å². The van der Waals surface area contributed by atoms with Gasteiger partial charge in [0, 0.05) is 6.54 Å². The maximum Gasteiger partial charge on any atom is 0.315 e. The van der Waals surface area contributed by atoms with Crippen LogP contribution >= 0.6 is 0 Å². The van der Waals surface area contributed by atoms with Gasteiger partial charge in [0.15, 0.2) is 9.84 Å². The largest absolute Gasteiger partial charge is 0.363 e. The van der Waals surface area contributed by atoms with E-state index in [9.17, 15) is 32.4 Å². The summed E-state index contributed by atoms with van der Waals surface area (Å²) in [5, 5.41) is 8.70. The van der Waals surface area contributed by atoms with Crippen LogP contribution in [0.1, 0.15) is 107 Å². The number of piperidine rings is 1. The number of fused-ring (bicyclic) bond motifs is 1. The van der Waals surface area contributed by atoms with Crippen molar-refractivity contribution in [3.05, 3.63) is 0 Å². The lowest BCUT2D eigenvalue weighted by atomic mass is 9.83. The lowest BCUT2D eigenvalue weighted by Gasteiger charge is -2.41. The Morgan fingerprint density at radius 2 is 1.54 bits per heavy atom. The van der Waals surface area contributed by atoms with E-state index in [4.69, 9.17) is 5.73 Å². The van der Waals surface area contributed by atoms with Crippen molar-refractivity contribution in [2.75, 3.05) is 12.3 Å². The average Bonchev–Trinajstić information content (AvgIpc) is 3.67. The van der Waals surface area contributed by atoms with Crippen LogP contribution in [0, 0.1) is 28.6 Å². The fourth-order valence-electron chi connectivity index (χ4n) is 7.97. The maximum absolute atomic E-state index is 14.4. The molecule has 5 amide bonds. The van der Waals surface area contributed by atoms with Crippen LogP contribution in [0.5, 0.6) is 0 Å². The Labute approximate surface area is 274 Å². The third kappa shape index (κ3) is 6.54. The summed E-state index contributed by atoms with van der Waals surface area (Å²) >= 11 is 0. The van der Waals surface area contributed by atoms with Gasteiger partial charge in [-0.3, -0.25) is 19.2 Å². The third-order valence-corrected chi connectivity index (χ3v) is 14.1. The van der Waals surface area contributed by atoms with Crippen LogP contribution in [0.2, 0.25) is 0 Å². The normalized spacial score (nSPS) is 30.4. The number of hydrogen-bond acceptors (Lipinski definition) is 7. The first-order chi connectivity index (χ1) is 20.9. The van der Waals surface area contributed by atoms with Gasteiger partial charge in [-0.2, -0.15) is 0 Å². The second kappa shape index (κ2) is 11.8. The number of urea groups is 1. The van der Waals surface area contributed by atoms with E-state index >= 15 is 0 Å². The minimum absolute atomic E-state index is 0.0544. The summed E-state index contributed by atoms with van der Waals surface area (Å²) < 4.78 is 25.5. The van der Waals surface area contributed by atoms with E-state index in [1.165, 1.54) is 4.90 Å². The van der Waals surface area contributed by atoms with E-state index < -0.39 is 72.7 Å². The number of nitrogens with zero attached hydrogens (tertiary/aromatic N) is 1. The molecule has 4 rings (SSSR count). The van der Waals surface area contributed by atoms with Gasteiger partial charge in [-0.1, -0.05) is 67.2 Å². The van der Waals surface area contributed by atoms with Gasteiger partial charge < -0.3 is 26.6 Å². The molecular weight excluding hydrogens is 610 g/mol. The quantitative estimate of drug-likeness (QED) is 0.258. The molecule has 0 aromatic heterocycles. The van der Waals surface area contributed by atoms with E-state index in [-0.39, 0.29) is 28.9 Å². The first kappa shape index (κ1) is 36.1. The predicted molar refractivity (Wildman–Crippen MR) is 174 cm³/mol. The maximum atomic E-state index is 14.4. The van der Waals surface area contributed by atoms with E-state index in [1.54, 1.807) is 20.8 Å². The number of nitrogens with one attached hydrogen (secondary N) is 3. The number of carbonyl (C=O) groups excluding carboxylic acids is 5. The number of primary amides is 1. The van der Waals surface area contributed by atoms with Gasteiger partial charge in [-0.15, -0.1) is 0 Å². The van der Waals surface area contributed by atoms with Gasteiger partial charge in [0.25, 0.3) is 5.91 Å². The molecule has 4 aliphatic rings. The lowest BCUT2D eigenvalue weighted by Crippen LogP contribution is -2.64. The van der Waals surface area contributed by atoms with Crippen LogP contribution in [-0.2, 0) is 29.0 Å². The summed E-state index contributed by atoms with van der Waals surface area (Å²) in [6.07, 6.45) is 4.43. The molecule has 0 aromatic rings. The molecule has 0 spiro atoms. The minimum Gasteiger partial charge on any atom is -0.363 e. The van der Waals surface area contributed by atoms with Crippen molar-refractivity contribution in [1.82, 2.24) is 20.9 Å². The van der Waals surface area contributed by atoms with E-state index in [0.29, 0.717) is 32.2 Å². The number of ketones is 1. The van der Waals surface area contributed by atoms with Crippen LogP contribution in [-0.4, -0.2) is 83.1 Å². The molecule has 12 nitrogen and oxygen atoms in total. The number of hydrogen-bond donors (Lipinski definition) is 4. The molecular formula is C33H55N5O7S. The van der Waals surface area contributed by atoms with Crippen molar-refractivity contribution in [2.24, 2.45) is 34.3 Å². The second-order valence-corrected chi connectivity index (χ2v) is 19.7. The summed E-state index contributed by atoms with van der Waals surface area (Å²) in [5.41, 5.74) is 2.06. The number of rotatable bonds is 10. The van der Waals surface area contributed by atoms with E-state index in [1.807, 2.05) is 41.5 Å². The Hall–Kier alpha value is -2.70. The molecule has 3 saturated carbocycles. The Bertz CT molecular complexity index is 1390. The first-order valence-corrected chi connectivity index (χ1v) is 18.4. The molecule has 1 heterocycles. The summed E-state index contributed by atoms with van der Waals surface area (Å²) in [4.78, 5) is 68.2. The highest BCUT2D eigenvalue weighted by Crippen LogP contribution is 2.65. The Kier molecular flexibility index (Phi) is 9.25. The number of amides is 5. The van der Waals surface area contributed by atoms with Crippen LogP contribution in [0.4, 0.5) is 4.79 Å². The fraction of sp³-hybridized carbons (Fsp3) is 0.848. The van der Waals surface area contributed by atoms with Crippen LogP contribution in [0.15, 0.2) is 0 Å². The molecule has 4 fully saturated rings. The highest BCUT2D eigenvalue weighted by molar-refractivity contribution is 7.92. The number of likely N-dealkylation sites (tertiary alicyclic amines) is 1. The van der Waals surface area contributed by atoms with Gasteiger partial charge in [0.2, 0.25) is 17.6 Å². The molecule has 1 aliphatic heterocycles. The Morgan fingerprint density at radius 3 is 2.02 bits per heavy atom. The molecule has 6 atom stereocenters. The zero-order chi connectivity index (χ0) is 34.8. The highest BCUT2D eigenvalue weighted by Gasteiger charge is 2.71. The van der Waals surface area contributed by atoms with Crippen LogP contribution in [0.25, 0.3) is 0 Å². The Balaban J connectivity index is 1.57. The zero-order valence-electron chi connectivity index (χ0n) is 29.0. The monoisotopic (exact) mass is 665 g/mol. The van der Waals surface area contributed by atoms with Crippen molar-refractivity contribution in [3.63, 3.8) is 0 Å². The summed E-state index contributed by atoms with van der Waals surface area (Å²) in [7, 11) is -3.56. The number of Topliss-reactive ketones (excluding diaryl/α,β-unsaturated/α-hetero) is 1. The number of carbonyl (C=O) groups is 5. The number of sulfone groups is 1. The van der Waals surface area contributed by atoms with Crippen molar-refractivity contribution < 1.29 is 32.4 Å². The molecule has 0 bridgehead atoms. The first-order valence-electron chi connectivity index (χ1n) is 16.7.